The Morgan fingerprint density at radius 1 is 1.45 bits per heavy atom. The smallest absolute Gasteiger partial charge is 0.303 e. The van der Waals surface area contributed by atoms with Crippen LogP contribution in [0.25, 0.3) is 0 Å². The molecular formula is C17H22O3. The Morgan fingerprint density at radius 3 is 2.85 bits per heavy atom. The van der Waals surface area contributed by atoms with Gasteiger partial charge in [-0.1, -0.05) is 36.4 Å². The fourth-order valence-corrected chi connectivity index (χ4v) is 3.14. The van der Waals surface area contributed by atoms with Crippen molar-refractivity contribution in [2.45, 2.75) is 37.7 Å². The summed E-state index contributed by atoms with van der Waals surface area (Å²) in [6.45, 7) is 4.55. The first-order chi connectivity index (χ1) is 9.72. The molecule has 3 nitrogen and oxygen atoms in total. The summed E-state index contributed by atoms with van der Waals surface area (Å²) in [5.74, 6) is -0.485. The van der Waals surface area contributed by atoms with Gasteiger partial charge >= 0.3 is 5.97 Å². The molecule has 20 heavy (non-hydrogen) atoms. The Labute approximate surface area is 120 Å². The van der Waals surface area contributed by atoms with Crippen molar-refractivity contribution in [3.05, 3.63) is 48.6 Å². The molecule has 1 N–H and O–H groups in total. The largest absolute Gasteiger partial charge is 0.481 e. The molecule has 1 fully saturated rings. The number of aliphatic carboxylic acids is 1. The SMILES string of the molecule is C=CCC1OCCC[C@@H]1[C@@H](CC(=O)O)c1ccccc1. The highest BCUT2D eigenvalue weighted by Crippen LogP contribution is 2.38. The quantitative estimate of drug-likeness (QED) is 0.806. The normalized spacial score (nSPS) is 24.0. The van der Waals surface area contributed by atoms with Crippen molar-refractivity contribution in [2.75, 3.05) is 6.61 Å². The van der Waals surface area contributed by atoms with Gasteiger partial charge < -0.3 is 9.84 Å². The summed E-state index contributed by atoms with van der Waals surface area (Å²) in [6.07, 6.45) is 4.92. The van der Waals surface area contributed by atoms with Gasteiger partial charge in [0.15, 0.2) is 0 Å². The molecular weight excluding hydrogens is 252 g/mol. The molecule has 1 heterocycles. The molecule has 1 saturated heterocycles. The van der Waals surface area contributed by atoms with Crippen molar-refractivity contribution in [1.82, 2.24) is 0 Å². The zero-order chi connectivity index (χ0) is 14.4. The predicted molar refractivity (Wildman–Crippen MR) is 78.7 cm³/mol. The van der Waals surface area contributed by atoms with Crippen molar-refractivity contribution in [2.24, 2.45) is 5.92 Å². The standard InChI is InChI=1S/C17H22O3/c1-2-7-16-14(10-6-11-20-16)15(12-17(18)19)13-8-4-3-5-9-13/h2-5,8-9,14-16H,1,6-7,10-12H2,(H,18,19)/t14-,15+,16?/m1/s1. The Kier molecular flexibility index (Phi) is 5.36. The van der Waals surface area contributed by atoms with Gasteiger partial charge in [-0.2, -0.15) is 0 Å². The van der Waals surface area contributed by atoms with Gasteiger partial charge in [-0.05, 0) is 36.7 Å². The molecule has 0 radical (unpaired) electrons. The molecule has 108 valence electrons. The summed E-state index contributed by atoms with van der Waals surface area (Å²) < 4.78 is 5.85. The molecule has 0 aliphatic carbocycles. The lowest BCUT2D eigenvalue weighted by Gasteiger charge is -2.36. The predicted octanol–water partition coefficient (Wildman–Crippen LogP) is 3.62. The fourth-order valence-electron chi connectivity index (χ4n) is 3.14. The number of carboxylic acids is 1. The van der Waals surface area contributed by atoms with Gasteiger partial charge in [0, 0.05) is 6.61 Å². The van der Waals surface area contributed by atoms with Gasteiger partial charge in [0.25, 0.3) is 0 Å². The third kappa shape index (κ3) is 3.70. The highest BCUT2D eigenvalue weighted by molar-refractivity contribution is 5.68. The summed E-state index contributed by atoms with van der Waals surface area (Å²) in [5, 5.41) is 9.23. The zero-order valence-corrected chi connectivity index (χ0v) is 11.7. The third-order valence-electron chi connectivity index (χ3n) is 4.03. The highest BCUT2D eigenvalue weighted by atomic mass is 16.5. The summed E-state index contributed by atoms with van der Waals surface area (Å²) in [5.41, 5.74) is 1.10. The average molecular weight is 274 g/mol. The molecule has 0 aromatic heterocycles. The minimum Gasteiger partial charge on any atom is -0.481 e. The molecule has 0 saturated carbocycles. The molecule has 1 aliphatic heterocycles. The Bertz CT molecular complexity index is 441. The maximum Gasteiger partial charge on any atom is 0.303 e. The van der Waals surface area contributed by atoms with Gasteiger partial charge in [0.2, 0.25) is 0 Å². The van der Waals surface area contributed by atoms with E-state index < -0.39 is 5.97 Å². The molecule has 1 aromatic rings. The van der Waals surface area contributed by atoms with Gasteiger partial charge in [0.05, 0.1) is 12.5 Å². The van der Waals surface area contributed by atoms with Crippen molar-refractivity contribution in [3.8, 4) is 0 Å². The minimum absolute atomic E-state index is 0.0129. The summed E-state index contributed by atoms with van der Waals surface area (Å²) in [4.78, 5) is 11.2. The second-order valence-electron chi connectivity index (χ2n) is 5.35. The maximum absolute atomic E-state index is 11.2. The van der Waals surface area contributed by atoms with Crippen molar-refractivity contribution in [3.63, 3.8) is 0 Å². The van der Waals surface area contributed by atoms with E-state index in [0.29, 0.717) is 0 Å². The monoisotopic (exact) mass is 274 g/mol. The van der Waals surface area contributed by atoms with Crippen molar-refractivity contribution < 1.29 is 14.6 Å². The number of hydrogen-bond donors (Lipinski definition) is 1. The Hall–Kier alpha value is -1.61. The topological polar surface area (TPSA) is 46.5 Å². The van der Waals surface area contributed by atoms with Crippen LogP contribution in [-0.4, -0.2) is 23.8 Å². The molecule has 1 aromatic carbocycles. The Morgan fingerprint density at radius 2 is 2.20 bits per heavy atom. The van der Waals surface area contributed by atoms with Crippen LogP contribution in [0.2, 0.25) is 0 Å². The van der Waals surface area contributed by atoms with Crippen LogP contribution < -0.4 is 0 Å². The van der Waals surface area contributed by atoms with Crippen molar-refractivity contribution in [1.29, 1.82) is 0 Å². The number of carboxylic acid groups (broad SMARTS) is 1. The van der Waals surface area contributed by atoms with Gasteiger partial charge in [-0.25, -0.2) is 0 Å². The van der Waals surface area contributed by atoms with E-state index in [1.807, 2.05) is 36.4 Å². The second kappa shape index (κ2) is 7.25. The van der Waals surface area contributed by atoms with Gasteiger partial charge in [-0.15, -0.1) is 6.58 Å². The van der Waals surface area contributed by atoms with Crippen LogP contribution in [0, 0.1) is 5.92 Å². The van der Waals surface area contributed by atoms with E-state index in [2.05, 4.69) is 6.58 Å². The van der Waals surface area contributed by atoms with Crippen LogP contribution in [0.4, 0.5) is 0 Å². The van der Waals surface area contributed by atoms with Crippen LogP contribution in [0.5, 0.6) is 0 Å². The Balaban J connectivity index is 2.24. The zero-order valence-electron chi connectivity index (χ0n) is 11.7. The first-order valence-electron chi connectivity index (χ1n) is 7.21. The summed E-state index contributed by atoms with van der Waals surface area (Å²) in [6, 6.07) is 9.94. The van der Waals surface area contributed by atoms with Gasteiger partial charge in [-0.3, -0.25) is 4.79 Å². The number of benzene rings is 1. The van der Waals surface area contributed by atoms with Gasteiger partial charge in [0.1, 0.15) is 0 Å². The minimum atomic E-state index is -0.748. The molecule has 0 amide bonds. The fraction of sp³-hybridized carbons (Fsp3) is 0.471. The van der Waals surface area contributed by atoms with Crippen LogP contribution in [0.15, 0.2) is 43.0 Å². The van der Waals surface area contributed by atoms with Crippen LogP contribution in [-0.2, 0) is 9.53 Å². The molecule has 0 spiro atoms. The van der Waals surface area contributed by atoms with E-state index in [0.717, 1.165) is 31.4 Å². The number of ether oxygens (including phenoxy) is 1. The van der Waals surface area contributed by atoms with E-state index in [4.69, 9.17) is 4.74 Å². The van der Waals surface area contributed by atoms with Crippen LogP contribution in [0.1, 0.15) is 37.2 Å². The van der Waals surface area contributed by atoms with E-state index in [1.54, 1.807) is 0 Å². The average Bonchev–Trinajstić information content (AvgIpc) is 2.47. The first-order valence-corrected chi connectivity index (χ1v) is 7.21. The second-order valence-corrected chi connectivity index (χ2v) is 5.35. The summed E-state index contributed by atoms with van der Waals surface area (Å²) >= 11 is 0. The molecule has 0 bridgehead atoms. The summed E-state index contributed by atoms with van der Waals surface area (Å²) in [7, 11) is 0. The lowest BCUT2D eigenvalue weighted by molar-refractivity contribution is -0.138. The van der Waals surface area contributed by atoms with E-state index in [-0.39, 0.29) is 24.4 Å². The molecule has 3 heteroatoms. The number of rotatable bonds is 6. The van der Waals surface area contributed by atoms with E-state index in [1.165, 1.54) is 0 Å². The lowest BCUT2D eigenvalue weighted by Crippen LogP contribution is -2.34. The molecule has 1 aliphatic rings. The molecule has 1 unspecified atom stereocenters. The highest BCUT2D eigenvalue weighted by Gasteiger charge is 2.34. The lowest BCUT2D eigenvalue weighted by atomic mass is 9.76. The number of hydrogen-bond acceptors (Lipinski definition) is 2. The van der Waals surface area contributed by atoms with E-state index >= 15 is 0 Å². The van der Waals surface area contributed by atoms with E-state index in [9.17, 15) is 9.90 Å². The molecule has 2 rings (SSSR count). The van der Waals surface area contributed by atoms with Crippen molar-refractivity contribution >= 4 is 5.97 Å². The molecule has 3 atom stereocenters. The number of carbonyl (C=O) groups is 1. The van der Waals surface area contributed by atoms with Crippen LogP contribution in [0.3, 0.4) is 0 Å². The third-order valence-corrected chi connectivity index (χ3v) is 4.03. The first kappa shape index (κ1) is 14.8. The van der Waals surface area contributed by atoms with Crippen LogP contribution >= 0.6 is 0 Å². The maximum atomic E-state index is 11.2.